The number of amides is 1. The zero-order valence-corrected chi connectivity index (χ0v) is 13.2. The predicted molar refractivity (Wildman–Crippen MR) is 82.9 cm³/mol. The van der Waals surface area contributed by atoms with E-state index in [9.17, 15) is 9.59 Å². The fraction of sp³-hybridized carbons (Fsp3) is 0.267. The third kappa shape index (κ3) is 2.89. The van der Waals surface area contributed by atoms with E-state index >= 15 is 0 Å². The minimum absolute atomic E-state index is 0.145. The molecule has 1 heterocycles. The largest absolute Gasteiger partial charge is 0.481 e. The molecule has 1 aliphatic rings. The Morgan fingerprint density at radius 3 is 2.59 bits per heavy atom. The number of aliphatic carboxylic acids is 1. The lowest BCUT2D eigenvalue weighted by Crippen LogP contribution is -2.34. The Bertz CT molecular complexity index is 720. The third-order valence-corrected chi connectivity index (χ3v) is 4.36. The monoisotopic (exact) mass is 363 g/mol. The van der Waals surface area contributed by atoms with Gasteiger partial charge in [-0.2, -0.15) is 0 Å². The summed E-state index contributed by atoms with van der Waals surface area (Å²) >= 11 is 3.37. The Morgan fingerprint density at radius 2 is 2.00 bits per heavy atom. The number of carboxylic acids is 1. The first-order valence-electron chi connectivity index (χ1n) is 6.82. The van der Waals surface area contributed by atoms with E-state index in [1.165, 1.54) is 0 Å². The van der Waals surface area contributed by atoms with Crippen molar-refractivity contribution < 1.29 is 14.7 Å². The summed E-state index contributed by atoms with van der Waals surface area (Å²) in [7, 11) is 0. The molecule has 2 aromatic rings. The van der Waals surface area contributed by atoms with E-state index in [1.807, 2.05) is 24.3 Å². The van der Waals surface area contributed by atoms with Gasteiger partial charge in [0, 0.05) is 22.9 Å². The van der Waals surface area contributed by atoms with E-state index in [-0.39, 0.29) is 18.1 Å². The van der Waals surface area contributed by atoms with Gasteiger partial charge in [-0.3, -0.25) is 9.59 Å². The fourth-order valence-electron chi connectivity index (χ4n) is 2.15. The highest BCUT2D eigenvalue weighted by molar-refractivity contribution is 9.10. The van der Waals surface area contributed by atoms with E-state index in [4.69, 9.17) is 5.11 Å². The van der Waals surface area contributed by atoms with Crippen LogP contribution in [-0.4, -0.2) is 33.1 Å². The number of rotatable bonds is 5. The molecule has 1 amide bonds. The zero-order valence-electron chi connectivity index (χ0n) is 11.6. The summed E-state index contributed by atoms with van der Waals surface area (Å²) in [6.07, 6.45) is 4.40. The predicted octanol–water partition coefficient (Wildman–Crippen LogP) is 2.23. The molecule has 0 bridgehead atoms. The van der Waals surface area contributed by atoms with Crippen molar-refractivity contribution in [1.82, 2.24) is 14.9 Å². The second-order valence-electron chi connectivity index (χ2n) is 5.41. The van der Waals surface area contributed by atoms with Crippen molar-refractivity contribution in [2.24, 2.45) is 5.41 Å². The molecule has 1 aromatic carbocycles. The van der Waals surface area contributed by atoms with Gasteiger partial charge in [-0.05, 0) is 37.1 Å². The van der Waals surface area contributed by atoms with Crippen LogP contribution in [0.1, 0.15) is 23.3 Å². The van der Waals surface area contributed by atoms with Gasteiger partial charge >= 0.3 is 5.97 Å². The van der Waals surface area contributed by atoms with Crippen LogP contribution < -0.4 is 5.32 Å². The topological polar surface area (TPSA) is 84.2 Å². The van der Waals surface area contributed by atoms with E-state index < -0.39 is 11.4 Å². The quantitative estimate of drug-likeness (QED) is 0.852. The highest BCUT2D eigenvalue weighted by Crippen LogP contribution is 2.45. The van der Waals surface area contributed by atoms with Crippen molar-refractivity contribution in [1.29, 1.82) is 0 Å². The lowest BCUT2D eigenvalue weighted by molar-refractivity contribution is -0.143. The Morgan fingerprint density at radius 1 is 1.32 bits per heavy atom. The molecule has 1 aromatic heterocycles. The van der Waals surface area contributed by atoms with Crippen molar-refractivity contribution >= 4 is 27.8 Å². The Labute approximate surface area is 135 Å². The van der Waals surface area contributed by atoms with Gasteiger partial charge in [-0.1, -0.05) is 15.9 Å². The molecule has 7 heteroatoms. The van der Waals surface area contributed by atoms with Gasteiger partial charge in [0.1, 0.15) is 12.0 Å². The van der Waals surface area contributed by atoms with Crippen LogP contribution >= 0.6 is 15.9 Å². The smallest absolute Gasteiger partial charge is 0.311 e. The number of hydrogen-bond acceptors (Lipinski definition) is 3. The van der Waals surface area contributed by atoms with Crippen LogP contribution in [0.25, 0.3) is 5.69 Å². The van der Waals surface area contributed by atoms with Gasteiger partial charge in [0.2, 0.25) is 0 Å². The molecule has 0 aliphatic heterocycles. The fourth-order valence-corrected chi connectivity index (χ4v) is 2.42. The molecule has 0 spiro atoms. The third-order valence-electron chi connectivity index (χ3n) is 3.83. The number of nitrogens with zero attached hydrogens (tertiary/aromatic N) is 2. The summed E-state index contributed by atoms with van der Waals surface area (Å²) in [5.74, 6) is -1.21. The summed E-state index contributed by atoms with van der Waals surface area (Å²) in [5.41, 5.74) is 0.382. The second kappa shape index (κ2) is 5.57. The molecule has 114 valence electrons. The van der Waals surface area contributed by atoms with E-state index in [1.54, 1.807) is 17.1 Å². The maximum Gasteiger partial charge on any atom is 0.311 e. The molecule has 0 radical (unpaired) electrons. The summed E-state index contributed by atoms with van der Waals surface area (Å²) in [6, 6.07) is 7.60. The molecule has 0 atom stereocenters. The van der Waals surface area contributed by atoms with Crippen molar-refractivity contribution in [3.05, 3.63) is 47.0 Å². The number of carbonyl (C=O) groups is 2. The molecule has 0 unspecified atom stereocenters. The maximum atomic E-state index is 12.1. The van der Waals surface area contributed by atoms with Crippen LogP contribution in [0, 0.1) is 5.41 Å². The highest BCUT2D eigenvalue weighted by atomic mass is 79.9. The van der Waals surface area contributed by atoms with E-state index in [0.717, 1.165) is 10.2 Å². The summed E-state index contributed by atoms with van der Waals surface area (Å²) in [5, 5.41) is 11.7. The zero-order chi connectivity index (χ0) is 15.7. The number of carboxylic acid groups (broad SMARTS) is 1. The molecule has 1 saturated carbocycles. The number of imidazole rings is 1. The minimum Gasteiger partial charge on any atom is -0.481 e. The van der Waals surface area contributed by atoms with Crippen LogP contribution in [0.3, 0.4) is 0 Å². The van der Waals surface area contributed by atoms with Gasteiger partial charge in [-0.25, -0.2) is 4.98 Å². The molecule has 2 N–H and O–H groups in total. The Hall–Kier alpha value is -2.15. The van der Waals surface area contributed by atoms with Gasteiger partial charge in [0.25, 0.3) is 5.91 Å². The summed E-state index contributed by atoms with van der Waals surface area (Å²) in [6.45, 7) is 0.145. The average Bonchev–Trinajstić information content (AvgIpc) is 3.15. The Kier molecular flexibility index (Phi) is 3.74. The first kappa shape index (κ1) is 14.8. The van der Waals surface area contributed by atoms with Crippen molar-refractivity contribution in [3.63, 3.8) is 0 Å². The van der Waals surface area contributed by atoms with Gasteiger partial charge in [0.15, 0.2) is 0 Å². The van der Waals surface area contributed by atoms with Gasteiger partial charge in [0.05, 0.1) is 5.41 Å². The number of carbonyl (C=O) groups excluding carboxylic acids is 1. The summed E-state index contributed by atoms with van der Waals surface area (Å²) < 4.78 is 2.71. The number of nitrogens with one attached hydrogen (secondary N) is 1. The number of halogens is 1. The maximum absolute atomic E-state index is 12.1. The number of aromatic nitrogens is 2. The van der Waals surface area contributed by atoms with Gasteiger partial charge in [-0.15, -0.1) is 0 Å². The molecule has 22 heavy (non-hydrogen) atoms. The SMILES string of the molecule is O=C(NCC1(C(=O)O)CC1)c1cn(-c2ccc(Br)cc2)cn1. The van der Waals surface area contributed by atoms with Crippen molar-refractivity contribution in [3.8, 4) is 5.69 Å². The Balaban J connectivity index is 1.67. The molecular formula is C15H14BrN3O3. The molecule has 6 nitrogen and oxygen atoms in total. The lowest BCUT2D eigenvalue weighted by atomic mass is 10.1. The molecule has 3 rings (SSSR count). The second-order valence-corrected chi connectivity index (χ2v) is 6.33. The first-order chi connectivity index (χ1) is 10.5. The van der Waals surface area contributed by atoms with Gasteiger partial charge < -0.3 is 15.0 Å². The van der Waals surface area contributed by atoms with E-state index in [2.05, 4.69) is 26.2 Å². The lowest BCUT2D eigenvalue weighted by Gasteiger charge is -2.09. The van der Waals surface area contributed by atoms with Crippen LogP contribution in [0.4, 0.5) is 0 Å². The van der Waals surface area contributed by atoms with Crippen LogP contribution in [-0.2, 0) is 4.79 Å². The van der Waals surface area contributed by atoms with Crippen molar-refractivity contribution in [2.45, 2.75) is 12.8 Å². The number of hydrogen-bond donors (Lipinski definition) is 2. The van der Waals surface area contributed by atoms with Crippen LogP contribution in [0.2, 0.25) is 0 Å². The first-order valence-corrected chi connectivity index (χ1v) is 7.61. The highest BCUT2D eigenvalue weighted by Gasteiger charge is 2.50. The normalized spacial score (nSPS) is 15.3. The molecule has 0 saturated heterocycles. The standard InChI is InChI=1S/C15H14BrN3O3/c16-10-1-3-11(4-2-10)19-7-12(18-9-19)13(20)17-8-15(5-6-15)14(21)22/h1-4,7,9H,5-6,8H2,(H,17,20)(H,21,22). The van der Waals surface area contributed by atoms with Crippen molar-refractivity contribution in [2.75, 3.05) is 6.54 Å². The minimum atomic E-state index is -0.854. The van der Waals surface area contributed by atoms with E-state index in [0.29, 0.717) is 12.8 Å². The molecule has 1 fully saturated rings. The van der Waals surface area contributed by atoms with Crippen LogP contribution in [0.15, 0.2) is 41.3 Å². The molecular weight excluding hydrogens is 350 g/mol. The number of benzene rings is 1. The molecule has 1 aliphatic carbocycles. The average molecular weight is 364 g/mol. The summed E-state index contributed by atoms with van der Waals surface area (Å²) in [4.78, 5) is 27.2. The van der Waals surface area contributed by atoms with Crippen LogP contribution in [0.5, 0.6) is 0 Å².